The van der Waals surface area contributed by atoms with Gasteiger partial charge in [-0.15, -0.1) is 0 Å². The maximum absolute atomic E-state index is 13.5. The number of halogens is 2. The highest BCUT2D eigenvalue weighted by molar-refractivity contribution is 5.92. The van der Waals surface area contributed by atoms with Crippen LogP contribution in [0.2, 0.25) is 0 Å². The highest BCUT2D eigenvalue weighted by Gasteiger charge is 2.55. The van der Waals surface area contributed by atoms with Gasteiger partial charge in [-0.25, -0.2) is 18.6 Å². The number of benzene rings is 2. The number of alkyl halides is 2. The van der Waals surface area contributed by atoms with Gasteiger partial charge in [0.15, 0.2) is 0 Å². The van der Waals surface area contributed by atoms with E-state index in [1.807, 2.05) is 65.6 Å². The Morgan fingerprint density at radius 1 is 1.00 bits per heavy atom. The van der Waals surface area contributed by atoms with Crippen LogP contribution in [0.1, 0.15) is 50.5 Å². The molecule has 9 heteroatoms. The third kappa shape index (κ3) is 5.81. The van der Waals surface area contributed by atoms with Gasteiger partial charge in [-0.2, -0.15) is 0 Å². The fourth-order valence-electron chi connectivity index (χ4n) is 6.52. The molecule has 3 N–H and O–H groups in total. The van der Waals surface area contributed by atoms with Crippen molar-refractivity contribution in [2.45, 2.75) is 62.4 Å². The summed E-state index contributed by atoms with van der Waals surface area (Å²) in [4.78, 5) is 31.2. The zero-order valence-corrected chi connectivity index (χ0v) is 22.8. The van der Waals surface area contributed by atoms with Gasteiger partial charge in [0, 0.05) is 37.1 Å². The van der Waals surface area contributed by atoms with E-state index < -0.39 is 11.5 Å². The Bertz CT molecular complexity index is 1410. The van der Waals surface area contributed by atoms with E-state index in [1.54, 1.807) is 6.20 Å². The number of hydrogen-bond donors (Lipinski definition) is 2. The summed E-state index contributed by atoms with van der Waals surface area (Å²) in [6, 6.07) is 19.3. The summed E-state index contributed by atoms with van der Waals surface area (Å²) in [5.74, 6) is -2.05. The molecule has 3 aromatic rings. The maximum Gasteiger partial charge on any atom is 0.410 e. The maximum atomic E-state index is 13.5. The molecule has 0 bridgehead atoms. The van der Waals surface area contributed by atoms with Crippen molar-refractivity contribution in [3.63, 3.8) is 0 Å². The van der Waals surface area contributed by atoms with Crippen LogP contribution in [0, 0.1) is 5.92 Å². The molecule has 3 fully saturated rings. The minimum absolute atomic E-state index is 0.0804. The highest BCUT2D eigenvalue weighted by atomic mass is 19.3. The van der Waals surface area contributed by atoms with Crippen LogP contribution in [-0.2, 0) is 15.1 Å². The monoisotopic (exact) mass is 560 g/mol. The zero-order valence-electron chi connectivity index (χ0n) is 22.8. The third-order valence-corrected chi connectivity index (χ3v) is 8.70. The molecule has 3 aliphatic rings. The first-order chi connectivity index (χ1) is 19.7. The van der Waals surface area contributed by atoms with E-state index in [-0.39, 0.29) is 36.8 Å². The van der Waals surface area contributed by atoms with Crippen LogP contribution in [0.3, 0.4) is 0 Å². The standard InChI is InChI=1S/C32H34F2N4O3/c33-32(34)19-31(35,20-32)24-10-8-23(9-11-24)27-18-36-28(17-26(27)22-4-2-1-3-5-22)37-29(39)16-21-6-12-25(13-7-21)38-14-15-41-30(38)40/h1-5,8-11,17-18,21,25H,6-7,12-16,19-20,35H2,(H,36,37,39). The topological polar surface area (TPSA) is 97.5 Å². The van der Waals surface area contributed by atoms with Gasteiger partial charge in [0.1, 0.15) is 12.4 Å². The second kappa shape index (κ2) is 10.9. The van der Waals surface area contributed by atoms with Crippen LogP contribution in [-0.4, -0.2) is 47.0 Å². The lowest BCUT2D eigenvalue weighted by molar-refractivity contribution is -0.125. The van der Waals surface area contributed by atoms with E-state index in [9.17, 15) is 18.4 Å². The summed E-state index contributed by atoms with van der Waals surface area (Å²) in [5, 5.41) is 2.98. The molecule has 0 radical (unpaired) electrons. The van der Waals surface area contributed by atoms with Crippen molar-refractivity contribution in [1.82, 2.24) is 9.88 Å². The highest BCUT2D eigenvalue weighted by Crippen LogP contribution is 2.50. The van der Waals surface area contributed by atoms with Crippen molar-refractivity contribution in [1.29, 1.82) is 0 Å². The number of ether oxygens (including phenoxy) is 1. The van der Waals surface area contributed by atoms with E-state index >= 15 is 0 Å². The summed E-state index contributed by atoms with van der Waals surface area (Å²) in [5.41, 5.74) is 9.54. The molecule has 2 heterocycles. The Balaban J connectivity index is 1.15. The van der Waals surface area contributed by atoms with Gasteiger partial charge in [0.2, 0.25) is 5.91 Å². The quantitative estimate of drug-likeness (QED) is 0.352. The van der Waals surface area contributed by atoms with Gasteiger partial charge in [-0.3, -0.25) is 4.79 Å². The van der Waals surface area contributed by atoms with Crippen molar-refractivity contribution >= 4 is 17.8 Å². The summed E-state index contributed by atoms with van der Waals surface area (Å²) < 4.78 is 32.1. The number of anilines is 1. The number of nitrogens with one attached hydrogen (secondary N) is 1. The van der Waals surface area contributed by atoms with Crippen molar-refractivity contribution in [2.24, 2.45) is 11.7 Å². The lowest BCUT2D eigenvalue weighted by atomic mass is 9.69. The van der Waals surface area contributed by atoms with E-state index in [0.29, 0.717) is 31.0 Å². The number of hydrogen-bond acceptors (Lipinski definition) is 5. The van der Waals surface area contributed by atoms with Crippen LogP contribution in [0.4, 0.5) is 19.4 Å². The van der Waals surface area contributed by atoms with Crippen molar-refractivity contribution in [3.8, 4) is 22.3 Å². The van der Waals surface area contributed by atoms with E-state index in [1.165, 1.54) is 0 Å². The van der Waals surface area contributed by atoms with E-state index in [4.69, 9.17) is 10.5 Å². The third-order valence-electron chi connectivity index (χ3n) is 8.70. The van der Waals surface area contributed by atoms with Crippen LogP contribution < -0.4 is 11.1 Å². The molecule has 214 valence electrons. The molecule has 2 aliphatic carbocycles. The smallest absolute Gasteiger partial charge is 0.410 e. The number of nitrogens with two attached hydrogens (primary N) is 1. The number of carbonyl (C=O) groups excluding carboxylic acids is 2. The van der Waals surface area contributed by atoms with Gasteiger partial charge >= 0.3 is 6.09 Å². The number of nitrogens with zero attached hydrogens (tertiary/aromatic N) is 2. The first kappa shape index (κ1) is 27.3. The first-order valence-corrected chi connectivity index (χ1v) is 14.3. The number of amides is 2. The lowest BCUT2D eigenvalue weighted by Gasteiger charge is -2.44. The number of rotatable bonds is 7. The van der Waals surface area contributed by atoms with Crippen molar-refractivity contribution < 1.29 is 23.1 Å². The zero-order chi connectivity index (χ0) is 28.6. The second-order valence-electron chi connectivity index (χ2n) is 11.7. The molecule has 0 spiro atoms. The molecule has 2 saturated carbocycles. The summed E-state index contributed by atoms with van der Waals surface area (Å²) in [6.45, 7) is 1.11. The Labute approximate surface area is 238 Å². The molecule has 0 atom stereocenters. The number of carbonyl (C=O) groups is 2. The number of cyclic esters (lactones) is 1. The van der Waals surface area contributed by atoms with E-state index in [0.717, 1.165) is 47.9 Å². The SMILES string of the molecule is NC1(c2ccc(-c3cnc(NC(=O)CC4CCC(N5CCOC5=O)CC4)cc3-c3ccccc3)cc2)CC(F)(F)C1. The van der Waals surface area contributed by atoms with Gasteiger partial charge in [-0.05, 0) is 59.9 Å². The van der Waals surface area contributed by atoms with Crippen LogP contribution in [0.15, 0.2) is 66.9 Å². The Morgan fingerprint density at radius 2 is 1.68 bits per heavy atom. The average Bonchev–Trinajstić information content (AvgIpc) is 3.38. The van der Waals surface area contributed by atoms with E-state index in [2.05, 4.69) is 10.3 Å². The average molecular weight is 561 g/mol. The van der Waals surface area contributed by atoms with Crippen LogP contribution in [0.5, 0.6) is 0 Å². The first-order valence-electron chi connectivity index (χ1n) is 14.3. The molecule has 1 aromatic heterocycles. The molecule has 1 saturated heterocycles. The predicted molar refractivity (Wildman–Crippen MR) is 152 cm³/mol. The van der Waals surface area contributed by atoms with Gasteiger partial charge in [-0.1, -0.05) is 54.6 Å². The number of pyridine rings is 1. The molecule has 2 amide bonds. The minimum atomic E-state index is -2.71. The molecule has 6 rings (SSSR count). The Hall–Kier alpha value is -3.85. The Morgan fingerprint density at radius 3 is 2.32 bits per heavy atom. The summed E-state index contributed by atoms with van der Waals surface area (Å²) in [7, 11) is 0. The predicted octanol–water partition coefficient (Wildman–Crippen LogP) is 6.34. The summed E-state index contributed by atoms with van der Waals surface area (Å²) in [6.07, 6.45) is 4.76. The largest absolute Gasteiger partial charge is 0.448 e. The number of aromatic nitrogens is 1. The van der Waals surface area contributed by atoms with Crippen LogP contribution >= 0.6 is 0 Å². The normalized spacial score (nSPS) is 23.0. The van der Waals surface area contributed by atoms with Gasteiger partial charge in [0.25, 0.3) is 5.92 Å². The second-order valence-corrected chi connectivity index (χ2v) is 11.7. The molecule has 0 unspecified atom stereocenters. The van der Waals surface area contributed by atoms with Gasteiger partial charge < -0.3 is 20.7 Å². The lowest BCUT2D eigenvalue weighted by Crippen LogP contribution is -2.55. The molecule has 7 nitrogen and oxygen atoms in total. The fraction of sp³-hybridized carbons (Fsp3) is 0.406. The molecular weight excluding hydrogens is 526 g/mol. The molecule has 41 heavy (non-hydrogen) atoms. The Kier molecular flexibility index (Phi) is 7.23. The molecule has 2 aromatic carbocycles. The van der Waals surface area contributed by atoms with Crippen molar-refractivity contribution in [3.05, 3.63) is 72.4 Å². The van der Waals surface area contributed by atoms with Crippen molar-refractivity contribution in [2.75, 3.05) is 18.5 Å². The molecule has 1 aliphatic heterocycles. The van der Waals surface area contributed by atoms with Gasteiger partial charge in [0.05, 0.1) is 12.1 Å². The minimum Gasteiger partial charge on any atom is -0.448 e. The molecular formula is C32H34F2N4O3. The van der Waals surface area contributed by atoms with Crippen LogP contribution in [0.25, 0.3) is 22.3 Å². The fourth-order valence-corrected chi connectivity index (χ4v) is 6.52. The summed E-state index contributed by atoms with van der Waals surface area (Å²) >= 11 is 0.